The second-order valence-corrected chi connectivity index (χ2v) is 9.24. The fraction of sp³-hybridized carbons (Fsp3) is 0.318. The highest BCUT2D eigenvalue weighted by Gasteiger charge is 2.65. The zero-order valence-corrected chi connectivity index (χ0v) is 18.4. The number of thiazole rings is 1. The fourth-order valence-corrected chi connectivity index (χ4v) is 5.39. The molecule has 0 spiro atoms. The maximum absolute atomic E-state index is 14.4. The van der Waals surface area contributed by atoms with Gasteiger partial charge < -0.3 is 10.2 Å². The molecule has 2 saturated heterocycles. The molecule has 7 nitrogen and oxygen atoms in total. The van der Waals surface area contributed by atoms with E-state index in [1.807, 2.05) is 0 Å². The lowest BCUT2D eigenvalue weighted by atomic mass is 9.84. The van der Waals surface area contributed by atoms with E-state index in [4.69, 9.17) is 0 Å². The van der Waals surface area contributed by atoms with Gasteiger partial charge in [-0.25, -0.2) is 14.2 Å². The van der Waals surface area contributed by atoms with Crippen molar-refractivity contribution in [3.8, 4) is 0 Å². The Bertz CT molecular complexity index is 1260. The smallest absolute Gasteiger partial charge is 0.336 e. The van der Waals surface area contributed by atoms with Crippen LogP contribution >= 0.6 is 11.3 Å². The molecule has 0 bridgehead atoms. The van der Waals surface area contributed by atoms with Crippen molar-refractivity contribution in [1.82, 2.24) is 15.2 Å². The molecule has 2 aliphatic heterocycles. The predicted octanol–water partition coefficient (Wildman–Crippen LogP) is 4.43. The van der Waals surface area contributed by atoms with Crippen LogP contribution in [0, 0.1) is 5.82 Å². The van der Waals surface area contributed by atoms with Crippen molar-refractivity contribution in [2.75, 3.05) is 23.7 Å². The molecular weight excluding hydrogens is 474 g/mol. The zero-order chi connectivity index (χ0) is 24.1. The van der Waals surface area contributed by atoms with Crippen molar-refractivity contribution in [2.24, 2.45) is 0 Å². The topological polar surface area (TPSA) is 86.4 Å². The summed E-state index contributed by atoms with van der Waals surface area (Å²) in [7, 11) is 0. The number of amides is 3. The summed E-state index contributed by atoms with van der Waals surface area (Å²) in [4.78, 5) is 30.9. The number of carbonyl (C=O) groups is 2. The first-order valence-corrected chi connectivity index (χ1v) is 11.4. The van der Waals surface area contributed by atoms with E-state index < -0.39 is 29.5 Å². The van der Waals surface area contributed by atoms with Crippen LogP contribution in [0.3, 0.4) is 0 Å². The van der Waals surface area contributed by atoms with Crippen molar-refractivity contribution < 1.29 is 27.2 Å². The molecule has 0 radical (unpaired) electrons. The first kappa shape index (κ1) is 22.5. The highest BCUT2D eigenvalue weighted by molar-refractivity contribution is 7.22. The van der Waals surface area contributed by atoms with Crippen molar-refractivity contribution in [1.29, 1.82) is 0 Å². The van der Waals surface area contributed by atoms with Gasteiger partial charge in [-0.05, 0) is 54.8 Å². The summed E-state index contributed by atoms with van der Waals surface area (Å²) in [6.45, 7) is 0.366. The Kier molecular flexibility index (Phi) is 5.44. The first-order chi connectivity index (χ1) is 16.2. The Morgan fingerprint density at radius 1 is 1.18 bits per heavy atom. The second kappa shape index (κ2) is 8.20. The number of urea groups is 1. The molecule has 3 aromatic rings. The molecule has 12 heteroatoms. The van der Waals surface area contributed by atoms with Crippen molar-refractivity contribution >= 4 is 44.3 Å². The van der Waals surface area contributed by atoms with Gasteiger partial charge in [0.05, 0.1) is 10.2 Å². The lowest BCUT2D eigenvalue weighted by Gasteiger charge is -2.45. The summed E-state index contributed by atoms with van der Waals surface area (Å²) in [5, 5.41) is 7.71. The number of fused-ring (bicyclic) bond motifs is 2. The number of carbonyl (C=O) groups excluding carboxylic acids is 2. The number of hydrogen-bond donors (Lipinski definition) is 3. The van der Waals surface area contributed by atoms with Crippen molar-refractivity contribution in [3.05, 3.63) is 53.8 Å². The normalized spacial score (nSPS) is 22.6. The predicted molar refractivity (Wildman–Crippen MR) is 119 cm³/mol. The lowest BCUT2D eigenvalue weighted by Crippen LogP contribution is -2.70. The summed E-state index contributed by atoms with van der Waals surface area (Å²) >= 11 is 0.984. The number of halogens is 4. The van der Waals surface area contributed by atoms with Gasteiger partial charge in [-0.3, -0.25) is 15.4 Å². The molecule has 2 aromatic carbocycles. The number of alkyl halides is 3. The fourth-order valence-electron chi connectivity index (χ4n) is 4.49. The highest BCUT2D eigenvalue weighted by atomic mass is 32.1. The Labute approximate surface area is 195 Å². The van der Waals surface area contributed by atoms with Crippen LogP contribution in [0.1, 0.15) is 18.4 Å². The Balaban J connectivity index is 1.42. The van der Waals surface area contributed by atoms with Gasteiger partial charge in [-0.15, -0.1) is 0 Å². The largest absolute Gasteiger partial charge is 0.419 e. The number of anilines is 2. The van der Waals surface area contributed by atoms with Gasteiger partial charge in [0.15, 0.2) is 5.13 Å². The van der Waals surface area contributed by atoms with E-state index in [1.54, 1.807) is 0 Å². The minimum absolute atomic E-state index is 0.0579. The van der Waals surface area contributed by atoms with Crippen LogP contribution in [0.25, 0.3) is 10.2 Å². The van der Waals surface area contributed by atoms with E-state index in [0.717, 1.165) is 11.3 Å². The summed E-state index contributed by atoms with van der Waals surface area (Å²) in [6.07, 6.45) is -3.50. The van der Waals surface area contributed by atoms with E-state index >= 15 is 0 Å². The van der Waals surface area contributed by atoms with Gasteiger partial charge in [-0.2, -0.15) is 13.2 Å². The van der Waals surface area contributed by atoms with Crippen LogP contribution < -0.4 is 16.0 Å². The van der Waals surface area contributed by atoms with Gasteiger partial charge in [0.25, 0.3) is 5.91 Å². The van der Waals surface area contributed by atoms with Crippen molar-refractivity contribution in [2.45, 2.75) is 30.6 Å². The number of benzene rings is 2. The minimum atomic E-state index is -4.86. The van der Waals surface area contributed by atoms with Gasteiger partial charge in [0, 0.05) is 24.8 Å². The van der Waals surface area contributed by atoms with Gasteiger partial charge in [0.2, 0.25) is 5.54 Å². The third-order valence-corrected chi connectivity index (χ3v) is 7.06. The Morgan fingerprint density at radius 3 is 2.68 bits per heavy atom. The number of nitrogens with zero attached hydrogens (tertiary/aromatic N) is 2. The summed E-state index contributed by atoms with van der Waals surface area (Å²) in [5.41, 5.74) is -2.31. The lowest BCUT2D eigenvalue weighted by molar-refractivity contribution is -0.215. The summed E-state index contributed by atoms with van der Waals surface area (Å²) in [6, 6.07) is 8.23. The molecule has 2 fully saturated rings. The molecule has 5 rings (SSSR count). The molecule has 3 heterocycles. The molecule has 0 saturated carbocycles. The number of rotatable bonds is 3. The quantitative estimate of drug-likeness (QED) is 0.471. The van der Waals surface area contributed by atoms with E-state index in [0.29, 0.717) is 35.3 Å². The SMILES string of the molecule is O=C(Nc1ccc(F)cc1)Nc1nc2ccc([C@@]3(C(F)(F)F)NC[C@@H]4CCCN4C3=O)cc2s1. The number of nitrogens with one attached hydrogen (secondary N) is 3. The van der Waals surface area contributed by atoms with Crippen LogP contribution in [0.4, 0.5) is 33.2 Å². The third-order valence-electron chi connectivity index (χ3n) is 6.13. The summed E-state index contributed by atoms with van der Waals surface area (Å²) in [5.74, 6) is -1.44. The molecule has 178 valence electrons. The number of piperazine rings is 1. The standard InChI is InChI=1S/C22H19F4N5O2S/c23-13-4-6-14(7-5-13)28-19(33)30-20-29-16-8-3-12(10-17(16)34-20)21(22(24,25)26)18(32)31-9-1-2-15(31)11-27-21/h3-8,10,15,27H,1-2,9,11H2,(H2,28,29,30,33)/t15-,21+/m0/s1. The van der Waals surface area contributed by atoms with Crippen LogP contribution in [0.15, 0.2) is 42.5 Å². The van der Waals surface area contributed by atoms with Gasteiger partial charge >= 0.3 is 12.2 Å². The molecule has 0 unspecified atom stereocenters. The number of hydrogen-bond acceptors (Lipinski definition) is 5. The van der Waals surface area contributed by atoms with Crippen LogP contribution in [0.5, 0.6) is 0 Å². The zero-order valence-electron chi connectivity index (χ0n) is 17.6. The molecule has 34 heavy (non-hydrogen) atoms. The second-order valence-electron chi connectivity index (χ2n) is 8.21. The minimum Gasteiger partial charge on any atom is -0.336 e. The van der Waals surface area contributed by atoms with E-state index in [2.05, 4.69) is 20.9 Å². The van der Waals surface area contributed by atoms with Crippen LogP contribution in [-0.4, -0.2) is 47.1 Å². The van der Waals surface area contributed by atoms with Gasteiger partial charge in [0.1, 0.15) is 5.82 Å². The maximum Gasteiger partial charge on any atom is 0.419 e. The van der Waals surface area contributed by atoms with Crippen molar-refractivity contribution in [3.63, 3.8) is 0 Å². The third kappa shape index (κ3) is 3.76. The van der Waals surface area contributed by atoms with E-state index in [-0.39, 0.29) is 23.3 Å². The Hall–Kier alpha value is -3.25. The van der Waals surface area contributed by atoms with E-state index in [1.165, 1.54) is 47.4 Å². The molecule has 2 atom stereocenters. The summed E-state index contributed by atoms with van der Waals surface area (Å²) < 4.78 is 56.6. The molecule has 3 N–H and O–H groups in total. The van der Waals surface area contributed by atoms with Crippen LogP contribution in [-0.2, 0) is 10.3 Å². The molecule has 1 aromatic heterocycles. The van der Waals surface area contributed by atoms with E-state index in [9.17, 15) is 27.2 Å². The Morgan fingerprint density at radius 2 is 1.94 bits per heavy atom. The highest BCUT2D eigenvalue weighted by Crippen LogP contribution is 2.45. The molecular formula is C22H19F4N5O2S. The molecule has 0 aliphatic carbocycles. The average Bonchev–Trinajstić information content (AvgIpc) is 3.41. The number of aromatic nitrogens is 1. The average molecular weight is 493 g/mol. The molecule has 3 amide bonds. The maximum atomic E-state index is 14.4. The van der Waals surface area contributed by atoms with Crippen LogP contribution in [0.2, 0.25) is 0 Å². The first-order valence-electron chi connectivity index (χ1n) is 10.5. The monoisotopic (exact) mass is 493 g/mol. The van der Waals surface area contributed by atoms with Gasteiger partial charge in [-0.1, -0.05) is 17.4 Å². The molecule has 2 aliphatic rings.